The van der Waals surface area contributed by atoms with Gasteiger partial charge in [0.2, 0.25) is 0 Å². The molecule has 0 saturated carbocycles. The van der Waals surface area contributed by atoms with Gasteiger partial charge in [-0.25, -0.2) is 0 Å². The van der Waals surface area contributed by atoms with Gasteiger partial charge in [-0.15, -0.1) is 0 Å². The molecule has 0 unspecified atom stereocenters. The van der Waals surface area contributed by atoms with E-state index >= 15 is 0 Å². The topological polar surface area (TPSA) is 47.9 Å². The maximum Gasteiger partial charge on any atom is 0.489 e. The van der Waals surface area contributed by atoms with Gasteiger partial charge < -0.3 is 19.1 Å². The highest BCUT2D eigenvalue weighted by molar-refractivity contribution is 6.18. The minimum atomic E-state index is -1.00. The van der Waals surface area contributed by atoms with E-state index in [0.29, 0.717) is 0 Å². The lowest BCUT2D eigenvalue weighted by Crippen LogP contribution is -2.49. The van der Waals surface area contributed by atoms with Crippen LogP contribution in [-0.4, -0.2) is 37.6 Å². The Bertz CT molecular complexity index is 269. The van der Waals surface area contributed by atoms with E-state index in [2.05, 4.69) is 11.2 Å². The van der Waals surface area contributed by atoms with Gasteiger partial charge in [-0.3, -0.25) is 0 Å². The van der Waals surface area contributed by atoms with Crippen LogP contribution in [0.3, 0.4) is 0 Å². The van der Waals surface area contributed by atoms with Gasteiger partial charge in [0.25, 0.3) is 0 Å². The van der Waals surface area contributed by atoms with Crippen molar-refractivity contribution in [2.45, 2.75) is 58.3 Å². The van der Waals surface area contributed by atoms with Gasteiger partial charge in [-0.1, -0.05) is 6.58 Å². The fourth-order valence-electron chi connectivity index (χ4n) is 0.616. The quantitative estimate of drug-likeness (QED) is 0.540. The monoisotopic (exact) mass is 239 g/mol. The van der Waals surface area contributed by atoms with E-state index in [4.69, 9.17) is 17.4 Å². The summed E-state index contributed by atoms with van der Waals surface area (Å²) in [5.74, 6) is 0.276. The Kier molecular flexibility index (Phi) is 5.32. The first-order valence-electron chi connectivity index (χ1n) is 5.40. The minimum absolute atomic E-state index is 0.276. The second kappa shape index (κ2) is 5.46. The van der Waals surface area contributed by atoms with E-state index in [1.807, 2.05) is 0 Å². The molecule has 0 aliphatic carbocycles. The predicted molar refractivity (Wildman–Crippen MR) is 68.4 cm³/mol. The summed E-state index contributed by atoms with van der Waals surface area (Å²) in [6, 6.07) is 0. The Morgan fingerprint density at radius 3 is 1.94 bits per heavy atom. The average Bonchev–Trinajstić information content (AvgIpc) is 2.13. The van der Waals surface area contributed by atoms with Crippen molar-refractivity contribution in [3.05, 3.63) is 12.3 Å². The highest BCUT2D eigenvalue weighted by atomic mass is 16.6. The van der Waals surface area contributed by atoms with Crippen molar-refractivity contribution in [3.63, 3.8) is 0 Å². The van der Waals surface area contributed by atoms with Crippen LogP contribution in [0.5, 0.6) is 0 Å². The smallest absolute Gasteiger partial charge is 0.489 e. The summed E-state index contributed by atoms with van der Waals surface area (Å²) < 4.78 is 15.3. The standard InChI is InChI=1S/C11H21B2O4/c1-8(15-12)9(2,3)16-13-17-11(6,7)10(4,5)14/h14H,1H2,2-7H3. The van der Waals surface area contributed by atoms with Gasteiger partial charge in [0.15, 0.2) is 0 Å². The largest absolute Gasteiger partial charge is 0.569 e. The van der Waals surface area contributed by atoms with Gasteiger partial charge in [0.1, 0.15) is 5.60 Å². The number of hydrogen-bond acceptors (Lipinski definition) is 4. The summed E-state index contributed by atoms with van der Waals surface area (Å²) in [7, 11) is 6.18. The molecule has 0 fully saturated rings. The molecule has 95 valence electrons. The minimum Gasteiger partial charge on any atom is -0.569 e. The van der Waals surface area contributed by atoms with Crippen molar-refractivity contribution >= 4 is 15.7 Å². The number of aliphatic hydroxyl groups is 1. The molecule has 0 heterocycles. The van der Waals surface area contributed by atoms with Crippen molar-refractivity contribution in [1.29, 1.82) is 0 Å². The lowest BCUT2D eigenvalue weighted by Gasteiger charge is -2.38. The van der Waals surface area contributed by atoms with Crippen molar-refractivity contribution < 1.29 is 19.1 Å². The van der Waals surface area contributed by atoms with E-state index in [1.165, 1.54) is 7.69 Å². The predicted octanol–water partition coefficient (Wildman–Crippen LogP) is 1.50. The van der Waals surface area contributed by atoms with Crippen LogP contribution in [-0.2, 0) is 14.0 Å². The summed E-state index contributed by atoms with van der Waals surface area (Å²) in [5.41, 5.74) is -2.59. The van der Waals surface area contributed by atoms with Gasteiger partial charge in [-0.05, 0) is 41.5 Å². The third-order valence-corrected chi connectivity index (χ3v) is 2.97. The van der Waals surface area contributed by atoms with Crippen LogP contribution < -0.4 is 0 Å². The van der Waals surface area contributed by atoms with Crippen LogP contribution in [0.25, 0.3) is 0 Å². The second-order valence-corrected chi connectivity index (χ2v) is 5.45. The average molecular weight is 239 g/mol. The zero-order valence-electron chi connectivity index (χ0n) is 11.5. The first kappa shape index (κ1) is 16.5. The zero-order valence-corrected chi connectivity index (χ0v) is 11.5. The molecule has 6 heteroatoms. The lowest BCUT2D eigenvalue weighted by molar-refractivity contribution is -0.102. The summed E-state index contributed by atoms with van der Waals surface area (Å²) in [5, 5.41) is 9.87. The second-order valence-electron chi connectivity index (χ2n) is 5.45. The Balaban J connectivity index is 4.30. The molecule has 17 heavy (non-hydrogen) atoms. The first-order valence-corrected chi connectivity index (χ1v) is 5.40. The van der Waals surface area contributed by atoms with Crippen LogP contribution in [0.15, 0.2) is 12.3 Å². The molecule has 0 aliphatic heterocycles. The van der Waals surface area contributed by atoms with Gasteiger partial charge in [0.05, 0.1) is 17.0 Å². The van der Waals surface area contributed by atoms with E-state index < -0.39 is 16.8 Å². The Morgan fingerprint density at radius 1 is 1.12 bits per heavy atom. The molecule has 0 bridgehead atoms. The van der Waals surface area contributed by atoms with Crippen molar-refractivity contribution in [2.75, 3.05) is 0 Å². The Labute approximate surface area is 106 Å². The molecule has 0 saturated heterocycles. The highest BCUT2D eigenvalue weighted by Crippen LogP contribution is 2.25. The lowest BCUT2D eigenvalue weighted by atomic mass is 9.88. The van der Waals surface area contributed by atoms with Crippen molar-refractivity contribution in [2.24, 2.45) is 0 Å². The molecule has 1 N–H and O–H groups in total. The molecule has 0 aromatic carbocycles. The summed E-state index contributed by atoms with van der Waals surface area (Å²) in [6.45, 7) is 13.9. The molecule has 0 spiro atoms. The van der Waals surface area contributed by atoms with E-state index in [-0.39, 0.29) is 5.76 Å². The normalized spacial score (nSPS) is 13.4. The van der Waals surface area contributed by atoms with Crippen LogP contribution in [0, 0.1) is 0 Å². The van der Waals surface area contributed by atoms with E-state index in [0.717, 1.165) is 0 Å². The summed E-state index contributed by atoms with van der Waals surface area (Å²) in [6.07, 6.45) is 0. The third-order valence-electron chi connectivity index (χ3n) is 2.97. The van der Waals surface area contributed by atoms with E-state index in [1.54, 1.807) is 41.5 Å². The fourth-order valence-corrected chi connectivity index (χ4v) is 0.616. The SMILES string of the molecule is [B]OC(=C)C(C)(C)O[B]OC(C)(C)C(C)(C)O. The first-order chi connectivity index (χ1) is 7.44. The Hall–Kier alpha value is -0.450. The molecule has 0 atom stereocenters. The highest BCUT2D eigenvalue weighted by Gasteiger charge is 2.37. The molecule has 0 aromatic rings. The Morgan fingerprint density at radius 2 is 1.59 bits per heavy atom. The molecule has 3 radical (unpaired) electrons. The maximum absolute atomic E-state index is 9.87. The summed E-state index contributed by atoms with van der Waals surface area (Å²) >= 11 is 0. The van der Waals surface area contributed by atoms with Crippen molar-refractivity contribution in [1.82, 2.24) is 0 Å². The van der Waals surface area contributed by atoms with E-state index in [9.17, 15) is 5.11 Å². The number of rotatable bonds is 7. The molecule has 0 aliphatic rings. The fraction of sp³-hybridized carbons (Fsp3) is 0.818. The van der Waals surface area contributed by atoms with Crippen molar-refractivity contribution in [3.8, 4) is 0 Å². The summed E-state index contributed by atoms with van der Waals surface area (Å²) in [4.78, 5) is 0. The molecular weight excluding hydrogens is 218 g/mol. The van der Waals surface area contributed by atoms with Gasteiger partial charge in [0, 0.05) is 0 Å². The maximum atomic E-state index is 9.87. The molecule has 0 amide bonds. The molecular formula is C11H21B2O4. The van der Waals surface area contributed by atoms with Gasteiger partial charge >= 0.3 is 15.7 Å². The molecule has 0 rings (SSSR count). The molecule has 4 nitrogen and oxygen atoms in total. The van der Waals surface area contributed by atoms with Crippen LogP contribution in [0.1, 0.15) is 41.5 Å². The number of hydrogen-bond donors (Lipinski definition) is 1. The third kappa shape index (κ3) is 4.74. The zero-order chi connectivity index (χ0) is 13.9. The van der Waals surface area contributed by atoms with Gasteiger partial charge in [-0.2, -0.15) is 0 Å². The van der Waals surface area contributed by atoms with Crippen LogP contribution in [0.2, 0.25) is 0 Å². The van der Waals surface area contributed by atoms with Crippen LogP contribution >= 0.6 is 0 Å². The molecule has 0 aromatic heterocycles. The van der Waals surface area contributed by atoms with Crippen LogP contribution in [0.4, 0.5) is 0 Å².